The van der Waals surface area contributed by atoms with E-state index in [1.165, 1.54) is 10.8 Å². The zero-order valence-electron chi connectivity index (χ0n) is 26.5. The van der Waals surface area contributed by atoms with Crippen molar-refractivity contribution in [2.24, 2.45) is 0 Å². The number of rotatable bonds is 5. The monoisotopic (exact) mass is 627 g/mol. The first-order valence-electron chi connectivity index (χ1n) is 16.6. The van der Waals surface area contributed by atoms with Gasteiger partial charge in [0, 0.05) is 38.2 Å². The molecule has 0 aliphatic heterocycles. The van der Waals surface area contributed by atoms with Crippen molar-refractivity contribution in [2.75, 3.05) is 4.90 Å². The molecule has 2 aromatic heterocycles. The van der Waals surface area contributed by atoms with Crippen molar-refractivity contribution in [2.45, 2.75) is 0 Å². The first-order chi connectivity index (χ1) is 24.3. The van der Waals surface area contributed by atoms with Crippen LogP contribution in [0.15, 0.2) is 185 Å². The summed E-state index contributed by atoms with van der Waals surface area (Å²) in [7, 11) is 0. The Balaban J connectivity index is 1.17. The summed E-state index contributed by atoms with van der Waals surface area (Å²) in [6, 6.07) is 62.2. The van der Waals surface area contributed by atoms with Crippen molar-refractivity contribution >= 4 is 71.7 Å². The van der Waals surface area contributed by atoms with Crippen molar-refractivity contribution < 1.29 is 8.83 Å². The van der Waals surface area contributed by atoms with Gasteiger partial charge in [0.1, 0.15) is 22.3 Å². The van der Waals surface area contributed by atoms with E-state index in [1.807, 2.05) is 24.3 Å². The summed E-state index contributed by atoms with van der Waals surface area (Å²) in [5.74, 6) is 0. The molecule has 0 bridgehead atoms. The maximum Gasteiger partial charge on any atom is 0.136 e. The molecule has 3 heteroatoms. The largest absolute Gasteiger partial charge is 0.456 e. The Bertz CT molecular complexity index is 2830. The van der Waals surface area contributed by atoms with Crippen molar-refractivity contribution in [1.82, 2.24) is 0 Å². The van der Waals surface area contributed by atoms with Gasteiger partial charge in [0.2, 0.25) is 0 Å². The molecule has 10 rings (SSSR count). The van der Waals surface area contributed by atoms with E-state index in [-0.39, 0.29) is 0 Å². The Morgan fingerprint density at radius 1 is 0.347 bits per heavy atom. The van der Waals surface area contributed by atoms with Crippen LogP contribution in [0.5, 0.6) is 0 Å². The summed E-state index contributed by atoms with van der Waals surface area (Å²) in [5.41, 5.74) is 11.5. The van der Waals surface area contributed by atoms with Gasteiger partial charge in [-0.3, -0.25) is 0 Å². The van der Waals surface area contributed by atoms with Crippen LogP contribution in [-0.2, 0) is 0 Å². The second kappa shape index (κ2) is 11.0. The Kier molecular flexibility index (Phi) is 6.18. The Hall–Kier alpha value is -6.58. The molecule has 49 heavy (non-hydrogen) atoms. The van der Waals surface area contributed by atoms with Crippen LogP contribution >= 0.6 is 0 Å². The van der Waals surface area contributed by atoms with E-state index in [4.69, 9.17) is 8.83 Å². The van der Waals surface area contributed by atoms with Gasteiger partial charge in [-0.15, -0.1) is 0 Å². The summed E-state index contributed by atoms with van der Waals surface area (Å²) in [6.45, 7) is 0. The minimum Gasteiger partial charge on any atom is -0.456 e. The van der Waals surface area contributed by atoms with Crippen LogP contribution in [0.25, 0.3) is 76.9 Å². The van der Waals surface area contributed by atoms with Gasteiger partial charge in [-0.2, -0.15) is 0 Å². The molecule has 3 nitrogen and oxygen atoms in total. The minimum absolute atomic E-state index is 0.893. The highest BCUT2D eigenvalue weighted by Gasteiger charge is 2.20. The van der Waals surface area contributed by atoms with E-state index in [0.717, 1.165) is 83.2 Å². The van der Waals surface area contributed by atoms with Crippen LogP contribution in [0.3, 0.4) is 0 Å². The molecule has 0 radical (unpaired) electrons. The van der Waals surface area contributed by atoms with Crippen molar-refractivity contribution in [3.8, 4) is 22.3 Å². The predicted octanol–water partition coefficient (Wildman–Crippen LogP) is 13.4. The van der Waals surface area contributed by atoms with Crippen LogP contribution in [0, 0.1) is 0 Å². The van der Waals surface area contributed by atoms with Gasteiger partial charge >= 0.3 is 0 Å². The normalized spacial score (nSPS) is 11.7. The van der Waals surface area contributed by atoms with Crippen LogP contribution in [0.1, 0.15) is 0 Å². The number of para-hydroxylation sites is 3. The topological polar surface area (TPSA) is 29.5 Å². The fourth-order valence-electron chi connectivity index (χ4n) is 7.42. The van der Waals surface area contributed by atoms with Gasteiger partial charge in [0.25, 0.3) is 0 Å². The smallest absolute Gasteiger partial charge is 0.136 e. The first-order valence-corrected chi connectivity index (χ1v) is 16.6. The number of benzene rings is 8. The average molecular weight is 628 g/mol. The van der Waals surface area contributed by atoms with E-state index in [2.05, 4.69) is 157 Å². The summed E-state index contributed by atoms with van der Waals surface area (Å²) in [5, 5.41) is 6.90. The molecule has 0 saturated carbocycles. The number of furan rings is 2. The number of anilines is 3. The lowest BCUT2D eigenvalue weighted by Crippen LogP contribution is -2.11. The molecule has 0 amide bonds. The van der Waals surface area contributed by atoms with E-state index in [1.54, 1.807) is 0 Å². The molecule has 0 N–H and O–H groups in total. The lowest BCUT2D eigenvalue weighted by Gasteiger charge is -2.29. The molecule has 2 heterocycles. The number of hydrogen-bond donors (Lipinski definition) is 0. The van der Waals surface area contributed by atoms with Gasteiger partial charge in [0.05, 0.1) is 11.4 Å². The molecule has 10 aromatic rings. The zero-order chi connectivity index (χ0) is 32.3. The van der Waals surface area contributed by atoms with Gasteiger partial charge in [-0.1, -0.05) is 121 Å². The van der Waals surface area contributed by atoms with E-state index < -0.39 is 0 Å². The lowest BCUT2D eigenvalue weighted by atomic mass is 9.97. The summed E-state index contributed by atoms with van der Waals surface area (Å²) in [6.07, 6.45) is 0. The van der Waals surface area contributed by atoms with E-state index >= 15 is 0 Å². The molecule has 0 aliphatic rings. The summed E-state index contributed by atoms with van der Waals surface area (Å²) in [4.78, 5) is 2.40. The standard InChI is InChI=1S/C46H29NO2/c1-2-13-34-30(11-1)12-9-19-41(34)47(33-26-23-31(24-27-33)36-17-10-22-45-46(36)38-16-5-8-21-43(38)49-45)40-18-6-3-14-35(40)32-25-28-44-39(29-32)37-15-4-7-20-42(37)48-44/h1-29H. The van der Waals surface area contributed by atoms with Crippen molar-refractivity contribution in [3.05, 3.63) is 176 Å². The molecule has 0 atom stereocenters. The minimum atomic E-state index is 0.893. The maximum absolute atomic E-state index is 6.22. The zero-order valence-corrected chi connectivity index (χ0v) is 26.5. The molecule has 0 spiro atoms. The third-order valence-corrected chi connectivity index (χ3v) is 9.68. The number of fused-ring (bicyclic) bond motifs is 7. The predicted molar refractivity (Wildman–Crippen MR) is 204 cm³/mol. The second-order valence-corrected chi connectivity index (χ2v) is 12.5. The van der Waals surface area contributed by atoms with Crippen LogP contribution in [-0.4, -0.2) is 0 Å². The van der Waals surface area contributed by atoms with E-state index in [9.17, 15) is 0 Å². The van der Waals surface area contributed by atoms with Gasteiger partial charge in [-0.05, 0) is 76.7 Å². The third-order valence-electron chi connectivity index (χ3n) is 9.68. The summed E-state index contributed by atoms with van der Waals surface area (Å²) >= 11 is 0. The number of hydrogen-bond acceptors (Lipinski definition) is 3. The fourth-order valence-corrected chi connectivity index (χ4v) is 7.42. The Labute approximate surface area is 282 Å². The average Bonchev–Trinajstić information content (AvgIpc) is 3.74. The Morgan fingerprint density at radius 2 is 0.918 bits per heavy atom. The van der Waals surface area contributed by atoms with Crippen molar-refractivity contribution in [3.63, 3.8) is 0 Å². The van der Waals surface area contributed by atoms with Gasteiger partial charge in [0.15, 0.2) is 0 Å². The molecule has 0 fully saturated rings. The van der Waals surface area contributed by atoms with Crippen LogP contribution in [0.2, 0.25) is 0 Å². The third kappa shape index (κ3) is 4.44. The summed E-state index contributed by atoms with van der Waals surface area (Å²) < 4.78 is 12.4. The number of nitrogens with zero attached hydrogens (tertiary/aromatic N) is 1. The SMILES string of the molecule is c1ccc(N(c2ccc(-c3cccc4oc5ccccc5c34)cc2)c2cccc3ccccc23)c(-c2ccc3oc4ccccc4c3c2)c1. The molecular weight excluding hydrogens is 599 g/mol. The molecule has 230 valence electrons. The second-order valence-electron chi connectivity index (χ2n) is 12.5. The molecule has 0 aliphatic carbocycles. The molecule has 8 aromatic carbocycles. The van der Waals surface area contributed by atoms with Crippen LogP contribution < -0.4 is 4.90 Å². The quantitative estimate of drug-likeness (QED) is 0.190. The highest BCUT2D eigenvalue weighted by atomic mass is 16.3. The van der Waals surface area contributed by atoms with E-state index in [0.29, 0.717) is 0 Å². The molecule has 0 unspecified atom stereocenters. The molecule has 0 saturated heterocycles. The van der Waals surface area contributed by atoms with Crippen LogP contribution in [0.4, 0.5) is 17.1 Å². The Morgan fingerprint density at radius 3 is 1.80 bits per heavy atom. The highest BCUT2D eigenvalue weighted by molar-refractivity contribution is 6.12. The maximum atomic E-state index is 6.22. The van der Waals surface area contributed by atoms with Gasteiger partial charge < -0.3 is 13.7 Å². The first kappa shape index (κ1) is 27.5. The fraction of sp³-hybridized carbons (Fsp3) is 0. The lowest BCUT2D eigenvalue weighted by molar-refractivity contribution is 0.668. The van der Waals surface area contributed by atoms with Gasteiger partial charge in [-0.25, -0.2) is 0 Å². The highest BCUT2D eigenvalue weighted by Crippen LogP contribution is 2.45. The van der Waals surface area contributed by atoms with Crippen molar-refractivity contribution in [1.29, 1.82) is 0 Å². The molecular formula is C46H29NO2.